The molecule has 3 N–H and O–H groups in total. The van der Waals surface area contributed by atoms with Crippen LogP contribution in [0.5, 0.6) is 0 Å². The van der Waals surface area contributed by atoms with Crippen molar-refractivity contribution < 1.29 is 18.7 Å². The van der Waals surface area contributed by atoms with Crippen molar-refractivity contribution in [1.29, 1.82) is 0 Å². The van der Waals surface area contributed by atoms with Gasteiger partial charge in [0, 0.05) is 17.8 Å². The van der Waals surface area contributed by atoms with E-state index < -0.39 is 0 Å². The van der Waals surface area contributed by atoms with Crippen molar-refractivity contribution in [3.8, 4) is 0 Å². The molecule has 2 atom stereocenters. The fourth-order valence-electron chi connectivity index (χ4n) is 2.79. The molecule has 2 aromatic rings. The fourth-order valence-corrected chi connectivity index (χ4v) is 2.79. The van der Waals surface area contributed by atoms with Crippen molar-refractivity contribution in [2.45, 2.75) is 19.0 Å². The topological polar surface area (TPSA) is 79.5 Å². The number of morpholine rings is 1. The molecule has 0 saturated carbocycles. The lowest BCUT2D eigenvalue weighted by atomic mass is 10.1. The van der Waals surface area contributed by atoms with Crippen molar-refractivity contribution in [1.82, 2.24) is 10.6 Å². The molecule has 1 fully saturated rings. The Morgan fingerprint density at radius 1 is 1.14 bits per heavy atom. The first-order chi connectivity index (χ1) is 13.0. The summed E-state index contributed by atoms with van der Waals surface area (Å²) in [4.78, 5) is 24.4. The van der Waals surface area contributed by atoms with E-state index in [1.54, 1.807) is 12.1 Å². The highest BCUT2D eigenvalue weighted by molar-refractivity contribution is 6.04. The van der Waals surface area contributed by atoms with Crippen LogP contribution in [0.1, 0.15) is 28.9 Å². The van der Waals surface area contributed by atoms with Crippen LogP contribution in [0.3, 0.4) is 0 Å². The van der Waals surface area contributed by atoms with Gasteiger partial charge in [-0.25, -0.2) is 4.39 Å². The summed E-state index contributed by atoms with van der Waals surface area (Å²) in [7, 11) is 0. The zero-order chi connectivity index (χ0) is 19.2. The summed E-state index contributed by atoms with van der Waals surface area (Å²) >= 11 is 0. The van der Waals surface area contributed by atoms with Crippen molar-refractivity contribution in [3.05, 3.63) is 65.5 Å². The highest BCUT2D eigenvalue weighted by Gasteiger charge is 2.22. The van der Waals surface area contributed by atoms with E-state index in [4.69, 9.17) is 4.74 Å². The number of hydrogen-bond acceptors (Lipinski definition) is 4. The number of amides is 2. The largest absolute Gasteiger partial charge is 0.378 e. The fraction of sp³-hybridized carbons (Fsp3) is 0.300. The van der Waals surface area contributed by atoms with Gasteiger partial charge in [0.2, 0.25) is 5.91 Å². The lowest BCUT2D eigenvalue weighted by Crippen LogP contribution is -2.51. The Morgan fingerprint density at radius 3 is 2.43 bits per heavy atom. The molecule has 1 saturated heterocycles. The number of halogens is 2. The van der Waals surface area contributed by atoms with E-state index in [2.05, 4.69) is 16.0 Å². The van der Waals surface area contributed by atoms with Gasteiger partial charge in [-0.15, -0.1) is 12.4 Å². The number of nitrogens with one attached hydrogen (secondary N) is 3. The predicted octanol–water partition coefficient (Wildman–Crippen LogP) is 2.67. The molecule has 6 nitrogen and oxygen atoms in total. The first-order valence-electron chi connectivity index (χ1n) is 8.81. The van der Waals surface area contributed by atoms with Crippen LogP contribution in [-0.2, 0) is 9.53 Å². The van der Waals surface area contributed by atoms with Gasteiger partial charge < -0.3 is 20.7 Å². The summed E-state index contributed by atoms with van der Waals surface area (Å²) in [6.07, 6.45) is 0. The minimum absolute atomic E-state index is 0. The second kappa shape index (κ2) is 10.2. The van der Waals surface area contributed by atoms with Gasteiger partial charge in [0.05, 0.1) is 19.3 Å². The average molecular weight is 408 g/mol. The summed E-state index contributed by atoms with van der Waals surface area (Å²) in [6, 6.07) is 12.1. The molecule has 28 heavy (non-hydrogen) atoms. The molecule has 8 heteroatoms. The van der Waals surface area contributed by atoms with Gasteiger partial charge >= 0.3 is 0 Å². The van der Waals surface area contributed by atoms with E-state index >= 15 is 0 Å². The summed E-state index contributed by atoms with van der Waals surface area (Å²) in [5.41, 5.74) is 1.91. The Bertz CT molecular complexity index is 793. The van der Waals surface area contributed by atoms with E-state index in [1.165, 1.54) is 24.3 Å². The van der Waals surface area contributed by atoms with Crippen LogP contribution < -0.4 is 16.0 Å². The number of hydrogen-bond donors (Lipinski definition) is 3. The van der Waals surface area contributed by atoms with Gasteiger partial charge in [0.1, 0.15) is 11.9 Å². The lowest BCUT2D eigenvalue weighted by molar-refractivity contribution is -0.126. The Balaban J connectivity index is 0.00000280. The maximum atomic E-state index is 12.9. The summed E-state index contributed by atoms with van der Waals surface area (Å²) < 4.78 is 18.2. The zero-order valence-electron chi connectivity index (χ0n) is 15.4. The maximum Gasteiger partial charge on any atom is 0.255 e. The van der Waals surface area contributed by atoms with Crippen LogP contribution in [0.15, 0.2) is 48.5 Å². The standard InChI is InChI=1S/C20H22FN3O3.ClH/c1-13(23-20(26)18-12-27-11-10-22-18)14-4-8-17(9-5-14)24-19(25)15-2-6-16(21)7-3-15;/h2-9,13,18,22H,10-12H2,1H3,(H,23,26)(H,24,25);1H. The molecule has 2 amide bonds. The van der Waals surface area contributed by atoms with Gasteiger partial charge in [0.15, 0.2) is 0 Å². The second-order valence-corrected chi connectivity index (χ2v) is 6.39. The first kappa shape index (κ1) is 21.8. The number of anilines is 1. The minimum Gasteiger partial charge on any atom is -0.378 e. The second-order valence-electron chi connectivity index (χ2n) is 6.39. The summed E-state index contributed by atoms with van der Waals surface area (Å²) in [6.45, 7) is 3.54. The SMILES string of the molecule is CC(NC(=O)C1COCCN1)c1ccc(NC(=O)c2ccc(F)cc2)cc1.Cl. The van der Waals surface area contributed by atoms with E-state index in [0.717, 1.165) is 5.56 Å². The van der Waals surface area contributed by atoms with Crippen LogP contribution in [0, 0.1) is 5.82 Å². The Labute approximate surface area is 169 Å². The smallest absolute Gasteiger partial charge is 0.255 e. The van der Waals surface area contributed by atoms with Crippen LogP contribution >= 0.6 is 12.4 Å². The number of rotatable bonds is 5. The molecule has 0 aromatic heterocycles. The van der Waals surface area contributed by atoms with E-state index in [1.807, 2.05) is 19.1 Å². The molecule has 0 bridgehead atoms. The number of carbonyl (C=O) groups is 2. The van der Waals surface area contributed by atoms with Crippen LogP contribution in [0.2, 0.25) is 0 Å². The van der Waals surface area contributed by atoms with Crippen LogP contribution in [0.25, 0.3) is 0 Å². The Morgan fingerprint density at radius 2 is 1.82 bits per heavy atom. The molecule has 150 valence electrons. The lowest BCUT2D eigenvalue weighted by Gasteiger charge is -2.25. The highest BCUT2D eigenvalue weighted by Crippen LogP contribution is 2.17. The summed E-state index contributed by atoms with van der Waals surface area (Å²) in [5.74, 6) is -0.801. The maximum absolute atomic E-state index is 12.9. The van der Waals surface area contributed by atoms with Crippen molar-refractivity contribution in [3.63, 3.8) is 0 Å². The molecule has 2 aromatic carbocycles. The molecular formula is C20H23ClFN3O3. The third-order valence-corrected chi connectivity index (χ3v) is 4.37. The molecular weight excluding hydrogens is 385 g/mol. The molecule has 0 spiro atoms. The van der Waals surface area contributed by atoms with Crippen LogP contribution in [0.4, 0.5) is 10.1 Å². The predicted molar refractivity (Wildman–Crippen MR) is 107 cm³/mol. The molecule has 1 heterocycles. The van der Waals surface area contributed by atoms with Gasteiger partial charge in [-0.05, 0) is 48.9 Å². The molecule has 2 unspecified atom stereocenters. The monoisotopic (exact) mass is 407 g/mol. The zero-order valence-corrected chi connectivity index (χ0v) is 16.2. The van der Waals surface area contributed by atoms with Gasteiger partial charge in [0.25, 0.3) is 5.91 Å². The van der Waals surface area contributed by atoms with Gasteiger partial charge in [-0.1, -0.05) is 12.1 Å². The quantitative estimate of drug-likeness (QED) is 0.712. The van der Waals surface area contributed by atoms with E-state index in [-0.39, 0.29) is 42.1 Å². The van der Waals surface area contributed by atoms with Crippen molar-refractivity contribution in [2.24, 2.45) is 0 Å². The molecule has 1 aliphatic rings. The average Bonchev–Trinajstić information content (AvgIpc) is 2.69. The molecule has 0 aliphatic carbocycles. The third kappa shape index (κ3) is 5.76. The third-order valence-electron chi connectivity index (χ3n) is 4.37. The number of ether oxygens (including phenoxy) is 1. The Hall–Kier alpha value is -2.48. The normalized spacial score (nSPS) is 17.1. The van der Waals surface area contributed by atoms with Gasteiger partial charge in [-0.3, -0.25) is 9.59 Å². The molecule has 3 rings (SSSR count). The number of benzene rings is 2. The minimum atomic E-state index is -0.387. The van der Waals surface area contributed by atoms with Crippen molar-refractivity contribution >= 4 is 29.9 Å². The Kier molecular flexibility index (Phi) is 7.92. The van der Waals surface area contributed by atoms with Gasteiger partial charge in [-0.2, -0.15) is 0 Å². The molecule has 0 radical (unpaired) electrons. The highest BCUT2D eigenvalue weighted by atomic mass is 35.5. The molecule has 1 aliphatic heterocycles. The summed E-state index contributed by atoms with van der Waals surface area (Å²) in [5, 5.41) is 8.83. The number of carbonyl (C=O) groups excluding carboxylic acids is 2. The van der Waals surface area contributed by atoms with E-state index in [9.17, 15) is 14.0 Å². The van der Waals surface area contributed by atoms with E-state index in [0.29, 0.717) is 31.0 Å². The van der Waals surface area contributed by atoms with Crippen molar-refractivity contribution in [2.75, 3.05) is 25.1 Å². The first-order valence-corrected chi connectivity index (χ1v) is 8.81. The van der Waals surface area contributed by atoms with Crippen LogP contribution in [-0.4, -0.2) is 37.6 Å².